The molecule has 0 aromatic rings. The quantitative estimate of drug-likeness (QED) is 0.654. The van der Waals surface area contributed by atoms with Gasteiger partial charge in [-0.1, -0.05) is 19.3 Å². The smallest absolute Gasteiger partial charge is 0.448 e. The van der Waals surface area contributed by atoms with Crippen LogP contribution in [0, 0.1) is 5.92 Å². The fraction of sp³-hybridized carbons (Fsp3) is 0.818. The summed E-state index contributed by atoms with van der Waals surface area (Å²) >= 11 is 0. The van der Waals surface area contributed by atoms with E-state index in [-0.39, 0.29) is 12.5 Å². The highest BCUT2D eigenvalue weighted by molar-refractivity contribution is 5.03. The summed E-state index contributed by atoms with van der Waals surface area (Å²) in [6.07, 6.45) is 1.83. The number of rotatable bonds is 3. The number of alkyl halides is 3. The normalized spacial score (nSPS) is 20.4. The largest absolute Gasteiger partial charge is 0.489 e. The Balaban J connectivity index is 2.64. The molecular formula is C11H17F3O. The zero-order chi connectivity index (χ0) is 11.3. The first-order valence-electron chi connectivity index (χ1n) is 5.46. The van der Waals surface area contributed by atoms with Crippen LogP contribution in [0.3, 0.4) is 0 Å². The number of allylic oxidation sites excluding steroid dienone is 2. The molecule has 88 valence electrons. The van der Waals surface area contributed by atoms with E-state index in [9.17, 15) is 13.2 Å². The standard InChI is InChI=1S/C11H17F3O/c1-2-15-10(11(12,13)14)8-9-6-4-3-5-7-9/h8-9H,2-7H2,1H3. The molecule has 0 atom stereocenters. The van der Waals surface area contributed by atoms with Gasteiger partial charge in [-0.2, -0.15) is 13.2 Å². The van der Waals surface area contributed by atoms with Crippen molar-refractivity contribution in [2.24, 2.45) is 5.92 Å². The van der Waals surface area contributed by atoms with Crippen molar-refractivity contribution in [3.05, 3.63) is 11.8 Å². The Morgan fingerprint density at radius 3 is 2.33 bits per heavy atom. The maximum atomic E-state index is 12.5. The van der Waals surface area contributed by atoms with E-state index < -0.39 is 11.9 Å². The summed E-state index contributed by atoms with van der Waals surface area (Å²) in [6, 6.07) is 0. The van der Waals surface area contributed by atoms with E-state index in [0.717, 1.165) is 32.1 Å². The molecule has 0 aliphatic heterocycles. The summed E-state index contributed by atoms with van der Waals surface area (Å²) in [4.78, 5) is 0. The first-order valence-corrected chi connectivity index (χ1v) is 5.46. The molecule has 1 saturated carbocycles. The Morgan fingerprint density at radius 1 is 1.27 bits per heavy atom. The molecule has 1 fully saturated rings. The summed E-state index contributed by atoms with van der Waals surface area (Å²) in [7, 11) is 0. The van der Waals surface area contributed by atoms with Crippen LogP contribution in [0.4, 0.5) is 13.2 Å². The predicted octanol–water partition coefficient (Wildman–Crippen LogP) is 4.05. The fourth-order valence-electron chi connectivity index (χ4n) is 1.89. The van der Waals surface area contributed by atoms with E-state index in [1.165, 1.54) is 6.08 Å². The van der Waals surface area contributed by atoms with E-state index in [1.54, 1.807) is 6.92 Å². The highest BCUT2D eigenvalue weighted by Gasteiger charge is 2.36. The van der Waals surface area contributed by atoms with Gasteiger partial charge in [-0.05, 0) is 31.8 Å². The molecule has 0 radical (unpaired) electrons. The van der Waals surface area contributed by atoms with Crippen molar-refractivity contribution in [1.29, 1.82) is 0 Å². The van der Waals surface area contributed by atoms with Crippen molar-refractivity contribution in [3.63, 3.8) is 0 Å². The van der Waals surface area contributed by atoms with Gasteiger partial charge in [-0.3, -0.25) is 0 Å². The van der Waals surface area contributed by atoms with Crippen LogP contribution in [0.15, 0.2) is 11.8 Å². The van der Waals surface area contributed by atoms with Crippen molar-refractivity contribution in [2.45, 2.75) is 45.2 Å². The number of halogens is 3. The second-order valence-electron chi connectivity index (χ2n) is 3.86. The molecule has 1 aliphatic rings. The van der Waals surface area contributed by atoms with Gasteiger partial charge in [0.25, 0.3) is 0 Å². The van der Waals surface area contributed by atoms with E-state index >= 15 is 0 Å². The maximum Gasteiger partial charge on any atom is 0.448 e. The first-order chi connectivity index (χ1) is 7.04. The van der Waals surface area contributed by atoms with Gasteiger partial charge < -0.3 is 4.74 Å². The summed E-state index contributed by atoms with van der Waals surface area (Å²) in [6.45, 7) is 1.64. The topological polar surface area (TPSA) is 9.23 Å². The van der Waals surface area contributed by atoms with Gasteiger partial charge >= 0.3 is 6.18 Å². The fourth-order valence-corrected chi connectivity index (χ4v) is 1.89. The minimum Gasteiger partial charge on any atom is -0.489 e. The highest BCUT2D eigenvalue weighted by Crippen LogP contribution is 2.32. The average molecular weight is 222 g/mol. The summed E-state index contributed by atoms with van der Waals surface area (Å²) in [5.41, 5.74) is 0. The zero-order valence-electron chi connectivity index (χ0n) is 8.94. The monoisotopic (exact) mass is 222 g/mol. The molecule has 0 saturated heterocycles. The van der Waals surface area contributed by atoms with Gasteiger partial charge in [0.05, 0.1) is 6.61 Å². The van der Waals surface area contributed by atoms with Gasteiger partial charge in [0.2, 0.25) is 0 Å². The zero-order valence-corrected chi connectivity index (χ0v) is 8.94. The van der Waals surface area contributed by atoms with Gasteiger partial charge in [0.15, 0.2) is 5.76 Å². The second kappa shape index (κ2) is 5.42. The average Bonchev–Trinajstić information content (AvgIpc) is 2.17. The lowest BCUT2D eigenvalue weighted by Crippen LogP contribution is -2.17. The minimum absolute atomic E-state index is 0.0434. The van der Waals surface area contributed by atoms with E-state index in [1.807, 2.05) is 0 Å². The van der Waals surface area contributed by atoms with Gasteiger partial charge in [0.1, 0.15) is 0 Å². The lowest BCUT2D eigenvalue weighted by Gasteiger charge is -2.20. The first kappa shape index (κ1) is 12.4. The molecule has 1 nitrogen and oxygen atoms in total. The molecule has 0 bridgehead atoms. The summed E-state index contributed by atoms with van der Waals surface area (Å²) in [5, 5.41) is 0. The molecule has 15 heavy (non-hydrogen) atoms. The van der Waals surface area contributed by atoms with Crippen LogP contribution in [0.5, 0.6) is 0 Å². The van der Waals surface area contributed by atoms with Crippen LogP contribution >= 0.6 is 0 Å². The SMILES string of the molecule is CCOC(=CC1CCCCC1)C(F)(F)F. The Labute approximate surface area is 88.3 Å². The Hall–Kier alpha value is -0.670. The maximum absolute atomic E-state index is 12.5. The van der Waals surface area contributed by atoms with Crippen LogP contribution in [0.1, 0.15) is 39.0 Å². The van der Waals surface area contributed by atoms with Crippen molar-refractivity contribution in [1.82, 2.24) is 0 Å². The molecule has 4 heteroatoms. The van der Waals surface area contributed by atoms with Crippen molar-refractivity contribution in [2.75, 3.05) is 6.61 Å². The van der Waals surface area contributed by atoms with Crippen molar-refractivity contribution < 1.29 is 17.9 Å². The minimum atomic E-state index is -4.34. The molecule has 0 N–H and O–H groups in total. The third kappa shape index (κ3) is 4.14. The van der Waals surface area contributed by atoms with Crippen LogP contribution in [0.2, 0.25) is 0 Å². The molecule has 0 amide bonds. The predicted molar refractivity (Wildman–Crippen MR) is 52.3 cm³/mol. The summed E-state index contributed by atoms with van der Waals surface area (Å²) < 4.78 is 42.1. The Morgan fingerprint density at radius 2 is 1.87 bits per heavy atom. The second-order valence-corrected chi connectivity index (χ2v) is 3.86. The number of hydrogen-bond donors (Lipinski definition) is 0. The Bertz CT molecular complexity index is 214. The molecule has 0 heterocycles. The molecular weight excluding hydrogens is 205 g/mol. The van der Waals surface area contributed by atoms with Crippen LogP contribution in [-0.4, -0.2) is 12.8 Å². The third-order valence-corrected chi connectivity index (χ3v) is 2.62. The van der Waals surface area contributed by atoms with E-state index in [2.05, 4.69) is 4.74 Å². The lowest BCUT2D eigenvalue weighted by atomic mass is 9.89. The van der Waals surface area contributed by atoms with Gasteiger partial charge in [-0.25, -0.2) is 0 Å². The number of hydrogen-bond acceptors (Lipinski definition) is 1. The third-order valence-electron chi connectivity index (χ3n) is 2.62. The molecule has 1 rings (SSSR count). The van der Waals surface area contributed by atoms with Crippen LogP contribution in [0.25, 0.3) is 0 Å². The van der Waals surface area contributed by atoms with E-state index in [0.29, 0.717) is 0 Å². The van der Waals surface area contributed by atoms with Crippen molar-refractivity contribution in [3.8, 4) is 0 Å². The Kier molecular flexibility index (Phi) is 4.48. The van der Waals surface area contributed by atoms with Crippen molar-refractivity contribution >= 4 is 0 Å². The van der Waals surface area contributed by atoms with Crippen LogP contribution < -0.4 is 0 Å². The molecule has 0 unspecified atom stereocenters. The van der Waals surface area contributed by atoms with E-state index in [4.69, 9.17) is 0 Å². The molecule has 0 aromatic heterocycles. The van der Waals surface area contributed by atoms with Gasteiger partial charge in [-0.15, -0.1) is 0 Å². The summed E-state index contributed by atoms with van der Waals surface area (Å²) in [5.74, 6) is -0.765. The van der Waals surface area contributed by atoms with Crippen LogP contribution in [-0.2, 0) is 4.74 Å². The highest BCUT2D eigenvalue weighted by atomic mass is 19.4. The molecule has 1 aliphatic carbocycles. The molecule has 0 spiro atoms. The molecule has 0 aromatic carbocycles. The lowest BCUT2D eigenvalue weighted by molar-refractivity contribution is -0.130. The van der Waals surface area contributed by atoms with Gasteiger partial charge in [0, 0.05) is 0 Å². The number of ether oxygens (including phenoxy) is 1.